The zero-order valence-electron chi connectivity index (χ0n) is 12.8. The fourth-order valence-electron chi connectivity index (χ4n) is 2.67. The van der Waals surface area contributed by atoms with Gasteiger partial charge in [-0.25, -0.2) is 21.9 Å². The first-order valence-corrected chi connectivity index (χ1v) is 9.18. The van der Waals surface area contributed by atoms with Gasteiger partial charge < -0.3 is 4.74 Å². The maximum atomic E-state index is 13.6. The zero-order valence-corrected chi connectivity index (χ0v) is 13.7. The number of rotatable bonds is 5. The Morgan fingerprint density at radius 3 is 2.67 bits per heavy atom. The number of hydrogen-bond donors (Lipinski definition) is 1. The second-order valence-electron chi connectivity index (χ2n) is 5.75. The fourth-order valence-corrected chi connectivity index (χ4v) is 3.84. The van der Waals surface area contributed by atoms with Gasteiger partial charge in [-0.1, -0.05) is 24.3 Å². The number of nitrogens with one attached hydrogen (secondary N) is 1. The van der Waals surface area contributed by atoms with Crippen LogP contribution in [0.4, 0.5) is 8.78 Å². The highest BCUT2D eigenvalue weighted by molar-refractivity contribution is 7.88. The van der Waals surface area contributed by atoms with E-state index in [4.69, 9.17) is 4.74 Å². The van der Waals surface area contributed by atoms with Crippen molar-refractivity contribution in [1.29, 1.82) is 0 Å². The molecule has 1 unspecified atom stereocenters. The van der Waals surface area contributed by atoms with E-state index in [9.17, 15) is 17.2 Å². The Labute approximate surface area is 139 Å². The molecule has 4 nitrogen and oxygen atoms in total. The molecule has 1 aliphatic rings. The largest absolute Gasteiger partial charge is 0.372 e. The molecule has 1 aliphatic heterocycles. The van der Waals surface area contributed by atoms with E-state index in [1.807, 2.05) is 24.3 Å². The van der Waals surface area contributed by atoms with E-state index in [1.165, 1.54) is 0 Å². The number of halogens is 2. The summed E-state index contributed by atoms with van der Waals surface area (Å²) in [5.41, 5.74) is 2.03. The summed E-state index contributed by atoms with van der Waals surface area (Å²) >= 11 is 0. The first-order valence-electron chi connectivity index (χ1n) is 7.52. The van der Waals surface area contributed by atoms with Crippen molar-refractivity contribution in [3.8, 4) is 0 Å². The van der Waals surface area contributed by atoms with Gasteiger partial charge in [0.15, 0.2) is 0 Å². The lowest BCUT2D eigenvalue weighted by atomic mass is 9.99. The third kappa shape index (κ3) is 4.17. The van der Waals surface area contributed by atoms with Gasteiger partial charge in [0.25, 0.3) is 0 Å². The molecule has 0 saturated carbocycles. The third-order valence-corrected chi connectivity index (χ3v) is 5.22. The molecule has 128 valence electrons. The summed E-state index contributed by atoms with van der Waals surface area (Å²) in [5, 5.41) is 0. The molecule has 2 aromatic rings. The molecule has 0 aromatic heterocycles. The highest BCUT2D eigenvalue weighted by Crippen LogP contribution is 2.20. The predicted octanol–water partition coefficient (Wildman–Crippen LogP) is 2.53. The Kier molecular flexibility index (Phi) is 4.93. The van der Waals surface area contributed by atoms with Gasteiger partial charge >= 0.3 is 0 Å². The van der Waals surface area contributed by atoms with Crippen LogP contribution in [0.3, 0.4) is 0 Å². The number of ether oxygens (including phenoxy) is 1. The molecule has 24 heavy (non-hydrogen) atoms. The molecule has 1 atom stereocenters. The van der Waals surface area contributed by atoms with Gasteiger partial charge in [0, 0.05) is 18.5 Å². The normalized spacial score (nSPS) is 17.5. The number of fused-ring (bicyclic) bond motifs is 1. The molecule has 0 aliphatic carbocycles. The quantitative estimate of drug-likeness (QED) is 0.899. The Hall–Kier alpha value is -1.83. The summed E-state index contributed by atoms with van der Waals surface area (Å²) in [6, 6.07) is 10.6. The van der Waals surface area contributed by atoms with E-state index in [-0.39, 0.29) is 18.2 Å². The molecule has 0 fully saturated rings. The van der Waals surface area contributed by atoms with Gasteiger partial charge in [0.1, 0.15) is 11.6 Å². The molecular weight excluding hydrogens is 336 g/mol. The fraction of sp³-hybridized carbons (Fsp3) is 0.294. The van der Waals surface area contributed by atoms with Crippen LogP contribution in [0, 0.1) is 11.6 Å². The van der Waals surface area contributed by atoms with E-state index in [0.717, 1.165) is 29.3 Å². The van der Waals surface area contributed by atoms with E-state index in [2.05, 4.69) is 4.72 Å². The van der Waals surface area contributed by atoms with Crippen LogP contribution in [0.5, 0.6) is 0 Å². The average molecular weight is 353 g/mol. The van der Waals surface area contributed by atoms with Crippen molar-refractivity contribution in [3.63, 3.8) is 0 Å². The lowest BCUT2D eigenvalue weighted by Crippen LogP contribution is -2.37. The van der Waals surface area contributed by atoms with Crippen molar-refractivity contribution in [2.45, 2.75) is 24.9 Å². The molecule has 0 bridgehead atoms. The third-order valence-electron chi connectivity index (χ3n) is 3.92. The highest BCUT2D eigenvalue weighted by atomic mass is 32.2. The van der Waals surface area contributed by atoms with E-state index < -0.39 is 27.4 Å². The van der Waals surface area contributed by atoms with Crippen molar-refractivity contribution in [3.05, 3.63) is 70.8 Å². The molecule has 0 amide bonds. The van der Waals surface area contributed by atoms with Gasteiger partial charge in [-0.15, -0.1) is 0 Å². The second kappa shape index (κ2) is 6.96. The van der Waals surface area contributed by atoms with E-state index in [1.54, 1.807) is 0 Å². The van der Waals surface area contributed by atoms with Gasteiger partial charge in [-0.2, -0.15) is 0 Å². The van der Waals surface area contributed by atoms with Crippen LogP contribution in [0.25, 0.3) is 0 Å². The van der Waals surface area contributed by atoms with Crippen molar-refractivity contribution in [2.24, 2.45) is 0 Å². The minimum Gasteiger partial charge on any atom is -0.372 e. The Bertz CT molecular complexity index is 839. The monoisotopic (exact) mass is 353 g/mol. The molecular formula is C17H17F2NO3S. The van der Waals surface area contributed by atoms with Crippen molar-refractivity contribution in [2.75, 3.05) is 6.54 Å². The van der Waals surface area contributed by atoms with Crippen molar-refractivity contribution in [1.82, 2.24) is 4.72 Å². The molecule has 3 rings (SSSR count). The van der Waals surface area contributed by atoms with Crippen LogP contribution in [-0.4, -0.2) is 21.1 Å². The summed E-state index contributed by atoms with van der Waals surface area (Å²) in [6.07, 6.45) is 0.319. The maximum Gasteiger partial charge on any atom is 0.215 e. The summed E-state index contributed by atoms with van der Waals surface area (Å²) < 4.78 is 59.0. The van der Waals surface area contributed by atoms with Gasteiger partial charge in [-0.3, -0.25) is 0 Å². The van der Waals surface area contributed by atoms with E-state index >= 15 is 0 Å². The van der Waals surface area contributed by atoms with Gasteiger partial charge in [-0.05, 0) is 29.3 Å². The van der Waals surface area contributed by atoms with Crippen LogP contribution in [0.15, 0.2) is 42.5 Å². The second-order valence-corrected chi connectivity index (χ2v) is 7.56. The lowest BCUT2D eigenvalue weighted by Gasteiger charge is -2.25. The van der Waals surface area contributed by atoms with Crippen LogP contribution in [0.1, 0.15) is 16.7 Å². The standard InChI is InChI=1S/C17H17F2NO3S/c18-15-5-6-17(19)14(7-15)11-24(21,22)20-9-16-8-12-3-1-2-4-13(12)10-23-16/h1-7,16,20H,8-11H2. The molecule has 1 N–H and O–H groups in total. The van der Waals surface area contributed by atoms with Crippen molar-refractivity contribution >= 4 is 10.0 Å². The lowest BCUT2D eigenvalue weighted by molar-refractivity contribution is 0.0322. The Balaban J connectivity index is 1.61. The first-order chi connectivity index (χ1) is 11.4. The molecule has 0 saturated heterocycles. The van der Waals surface area contributed by atoms with Crippen LogP contribution in [-0.2, 0) is 33.5 Å². The average Bonchev–Trinajstić information content (AvgIpc) is 2.56. The van der Waals surface area contributed by atoms with Crippen molar-refractivity contribution < 1.29 is 21.9 Å². The van der Waals surface area contributed by atoms with Gasteiger partial charge in [0.05, 0.1) is 18.5 Å². The summed E-state index contributed by atoms with van der Waals surface area (Å²) in [5.74, 6) is -2.03. The highest BCUT2D eigenvalue weighted by Gasteiger charge is 2.22. The first kappa shape index (κ1) is 17.0. The topological polar surface area (TPSA) is 55.4 Å². The number of hydrogen-bond acceptors (Lipinski definition) is 3. The molecule has 0 radical (unpaired) electrons. The van der Waals surface area contributed by atoms with Gasteiger partial charge in [0.2, 0.25) is 10.0 Å². The Morgan fingerprint density at radius 1 is 1.12 bits per heavy atom. The Morgan fingerprint density at radius 2 is 1.88 bits per heavy atom. The number of benzene rings is 2. The molecule has 2 aromatic carbocycles. The predicted molar refractivity (Wildman–Crippen MR) is 85.7 cm³/mol. The maximum absolute atomic E-state index is 13.6. The summed E-state index contributed by atoms with van der Waals surface area (Å²) in [4.78, 5) is 0. The zero-order chi connectivity index (χ0) is 17.2. The molecule has 1 heterocycles. The summed E-state index contributed by atoms with van der Waals surface area (Å²) in [6.45, 7) is 0.523. The van der Waals surface area contributed by atoms with Crippen LogP contribution < -0.4 is 4.72 Å². The van der Waals surface area contributed by atoms with Crippen LogP contribution in [0.2, 0.25) is 0 Å². The minimum atomic E-state index is -3.79. The smallest absolute Gasteiger partial charge is 0.215 e. The molecule has 0 spiro atoms. The minimum absolute atomic E-state index is 0.0909. The number of sulfonamides is 1. The summed E-state index contributed by atoms with van der Waals surface area (Å²) in [7, 11) is -3.79. The SMILES string of the molecule is O=S(=O)(Cc1cc(F)ccc1F)NCC1Cc2ccccc2CO1. The van der Waals surface area contributed by atoms with E-state index in [0.29, 0.717) is 13.0 Å². The van der Waals surface area contributed by atoms with Crippen LogP contribution >= 0.6 is 0 Å². The molecule has 7 heteroatoms.